The minimum Gasteiger partial charge on any atom is -0.352 e. The summed E-state index contributed by atoms with van der Waals surface area (Å²) in [6, 6.07) is 1.94. The quantitative estimate of drug-likeness (QED) is 0.774. The Morgan fingerprint density at radius 3 is 2.94 bits per heavy atom. The lowest BCUT2D eigenvalue weighted by Gasteiger charge is -2.10. The molecule has 4 heteroatoms. The van der Waals surface area contributed by atoms with E-state index >= 15 is 0 Å². The fourth-order valence-corrected chi connectivity index (χ4v) is 1.79. The summed E-state index contributed by atoms with van der Waals surface area (Å²) in [6.07, 6.45) is 6.02. The molecule has 0 aliphatic carbocycles. The maximum absolute atomic E-state index is 11.7. The fraction of sp³-hybridized carbons (Fsp3) is 0.571. The second-order valence-electron chi connectivity index (χ2n) is 4.80. The van der Waals surface area contributed by atoms with E-state index in [0.29, 0.717) is 25.4 Å². The number of nitrogens with two attached hydrogens (primary N) is 1. The van der Waals surface area contributed by atoms with Gasteiger partial charge in [0, 0.05) is 25.4 Å². The number of aromatic nitrogens is 1. The van der Waals surface area contributed by atoms with Gasteiger partial charge in [0.05, 0.1) is 0 Å². The number of hydrogen-bond donors (Lipinski definition) is 2. The number of nitrogens with one attached hydrogen (secondary N) is 1. The highest BCUT2D eigenvalue weighted by Gasteiger charge is 2.06. The molecule has 1 aromatic rings. The minimum atomic E-state index is 0.107. The number of carbonyl (C=O) groups is 1. The SMILES string of the molecule is Cc1cnccc1CNC(=O)CCC(C)CCN. The molecule has 18 heavy (non-hydrogen) atoms. The molecule has 1 amide bonds. The summed E-state index contributed by atoms with van der Waals surface area (Å²) in [5.41, 5.74) is 7.71. The van der Waals surface area contributed by atoms with Crippen molar-refractivity contribution in [2.45, 2.75) is 39.7 Å². The van der Waals surface area contributed by atoms with Crippen LogP contribution in [0.4, 0.5) is 0 Å². The van der Waals surface area contributed by atoms with E-state index in [2.05, 4.69) is 17.2 Å². The molecular formula is C14H23N3O. The van der Waals surface area contributed by atoms with Gasteiger partial charge in [0.25, 0.3) is 0 Å². The number of aryl methyl sites for hydroxylation is 1. The van der Waals surface area contributed by atoms with Crippen molar-refractivity contribution in [3.8, 4) is 0 Å². The molecule has 0 aromatic carbocycles. The second-order valence-corrected chi connectivity index (χ2v) is 4.80. The molecule has 1 rings (SSSR count). The molecule has 1 atom stereocenters. The summed E-state index contributed by atoms with van der Waals surface area (Å²) in [4.78, 5) is 15.7. The highest BCUT2D eigenvalue weighted by molar-refractivity contribution is 5.75. The van der Waals surface area contributed by atoms with Gasteiger partial charge in [0.1, 0.15) is 0 Å². The summed E-state index contributed by atoms with van der Waals surface area (Å²) in [5.74, 6) is 0.624. The maximum Gasteiger partial charge on any atom is 0.220 e. The van der Waals surface area contributed by atoms with Crippen LogP contribution < -0.4 is 11.1 Å². The number of carbonyl (C=O) groups excluding carboxylic acids is 1. The van der Waals surface area contributed by atoms with Crippen LogP contribution in [-0.2, 0) is 11.3 Å². The molecule has 1 unspecified atom stereocenters. The van der Waals surface area contributed by atoms with Crippen molar-refractivity contribution in [3.05, 3.63) is 29.6 Å². The molecule has 0 aliphatic heterocycles. The van der Waals surface area contributed by atoms with E-state index in [1.165, 1.54) is 0 Å². The van der Waals surface area contributed by atoms with Gasteiger partial charge in [-0.25, -0.2) is 0 Å². The van der Waals surface area contributed by atoms with Crippen LogP contribution in [0.25, 0.3) is 0 Å². The Kier molecular flexibility index (Phi) is 6.36. The monoisotopic (exact) mass is 249 g/mol. The normalized spacial score (nSPS) is 12.2. The Bertz CT molecular complexity index is 379. The van der Waals surface area contributed by atoms with Gasteiger partial charge in [-0.3, -0.25) is 9.78 Å². The van der Waals surface area contributed by atoms with Crippen molar-refractivity contribution in [3.63, 3.8) is 0 Å². The van der Waals surface area contributed by atoms with E-state index in [1.807, 2.05) is 19.2 Å². The third-order valence-corrected chi connectivity index (χ3v) is 3.14. The van der Waals surface area contributed by atoms with E-state index in [0.717, 1.165) is 24.0 Å². The Hall–Kier alpha value is -1.42. The zero-order valence-corrected chi connectivity index (χ0v) is 11.3. The van der Waals surface area contributed by atoms with Gasteiger partial charge in [-0.2, -0.15) is 0 Å². The maximum atomic E-state index is 11.7. The van der Waals surface area contributed by atoms with Gasteiger partial charge in [-0.1, -0.05) is 6.92 Å². The molecule has 0 aliphatic rings. The first-order valence-electron chi connectivity index (χ1n) is 6.49. The minimum absolute atomic E-state index is 0.107. The first-order chi connectivity index (χ1) is 8.63. The smallest absolute Gasteiger partial charge is 0.220 e. The highest BCUT2D eigenvalue weighted by atomic mass is 16.1. The molecule has 3 N–H and O–H groups in total. The molecule has 0 fully saturated rings. The van der Waals surface area contributed by atoms with Crippen LogP contribution in [0.5, 0.6) is 0 Å². The van der Waals surface area contributed by atoms with Crippen LogP contribution in [0.3, 0.4) is 0 Å². The Morgan fingerprint density at radius 2 is 2.28 bits per heavy atom. The lowest BCUT2D eigenvalue weighted by molar-refractivity contribution is -0.121. The summed E-state index contributed by atoms with van der Waals surface area (Å²) in [6.45, 7) is 5.41. The van der Waals surface area contributed by atoms with Crippen molar-refractivity contribution >= 4 is 5.91 Å². The average Bonchev–Trinajstić information content (AvgIpc) is 2.36. The molecule has 0 bridgehead atoms. The lowest BCUT2D eigenvalue weighted by Crippen LogP contribution is -2.23. The van der Waals surface area contributed by atoms with Crippen molar-refractivity contribution in [2.75, 3.05) is 6.54 Å². The fourth-order valence-electron chi connectivity index (χ4n) is 1.79. The van der Waals surface area contributed by atoms with Gasteiger partial charge in [0.2, 0.25) is 5.91 Å². The van der Waals surface area contributed by atoms with Crippen molar-refractivity contribution in [1.29, 1.82) is 0 Å². The third kappa shape index (κ3) is 5.27. The van der Waals surface area contributed by atoms with Gasteiger partial charge in [-0.05, 0) is 49.4 Å². The Labute approximate surface area is 109 Å². The van der Waals surface area contributed by atoms with Gasteiger partial charge in [-0.15, -0.1) is 0 Å². The van der Waals surface area contributed by atoms with Crippen LogP contribution >= 0.6 is 0 Å². The number of rotatable bonds is 7. The molecule has 0 radical (unpaired) electrons. The standard InChI is InChI=1S/C14H23N3O/c1-11(5-7-15)3-4-14(18)17-10-13-6-8-16-9-12(13)2/h6,8-9,11H,3-5,7,10,15H2,1-2H3,(H,17,18). The predicted octanol–water partition coefficient (Wildman–Crippen LogP) is 1.77. The van der Waals surface area contributed by atoms with Crippen LogP contribution in [0.2, 0.25) is 0 Å². The van der Waals surface area contributed by atoms with Crippen molar-refractivity contribution < 1.29 is 4.79 Å². The van der Waals surface area contributed by atoms with E-state index in [4.69, 9.17) is 5.73 Å². The van der Waals surface area contributed by atoms with Crippen LogP contribution in [0.15, 0.2) is 18.5 Å². The second kappa shape index (κ2) is 7.82. The third-order valence-electron chi connectivity index (χ3n) is 3.14. The summed E-state index contributed by atoms with van der Waals surface area (Å²) in [7, 11) is 0. The summed E-state index contributed by atoms with van der Waals surface area (Å²) < 4.78 is 0. The summed E-state index contributed by atoms with van der Waals surface area (Å²) >= 11 is 0. The van der Waals surface area contributed by atoms with Crippen LogP contribution in [-0.4, -0.2) is 17.4 Å². The first-order valence-corrected chi connectivity index (χ1v) is 6.49. The van der Waals surface area contributed by atoms with Gasteiger partial charge < -0.3 is 11.1 Å². The largest absolute Gasteiger partial charge is 0.352 e. The molecule has 100 valence electrons. The number of amides is 1. The first kappa shape index (κ1) is 14.6. The lowest BCUT2D eigenvalue weighted by atomic mass is 10.0. The van der Waals surface area contributed by atoms with Crippen molar-refractivity contribution in [2.24, 2.45) is 11.7 Å². The van der Waals surface area contributed by atoms with Crippen LogP contribution in [0, 0.1) is 12.8 Å². The van der Waals surface area contributed by atoms with E-state index in [9.17, 15) is 4.79 Å². The topological polar surface area (TPSA) is 68.0 Å². The summed E-state index contributed by atoms with van der Waals surface area (Å²) in [5, 5.41) is 2.94. The predicted molar refractivity (Wildman–Crippen MR) is 72.9 cm³/mol. The number of nitrogens with zero attached hydrogens (tertiary/aromatic N) is 1. The molecule has 0 saturated heterocycles. The highest BCUT2D eigenvalue weighted by Crippen LogP contribution is 2.09. The Morgan fingerprint density at radius 1 is 1.50 bits per heavy atom. The molecular weight excluding hydrogens is 226 g/mol. The van der Waals surface area contributed by atoms with E-state index in [-0.39, 0.29) is 5.91 Å². The van der Waals surface area contributed by atoms with Gasteiger partial charge >= 0.3 is 0 Å². The van der Waals surface area contributed by atoms with Gasteiger partial charge in [0.15, 0.2) is 0 Å². The molecule has 1 aromatic heterocycles. The van der Waals surface area contributed by atoms with Crippen LogP contribution in [0.1, 0.15) is 37.3 Å². The molecule has 0 spiro atoms. The van der Waals surface area contributed by atoms with E-state index in [1.54, 1.807) is 6.20 Å². The Balaban J connectivity index is 2.27. The average molecular weight is 249 g/mol. The van der Waals surface area contributed by atoms with Crippen molar-refractivity contribution in [1.82, 2.24) is 10.3 Å². The zero-order chi connectivity index (χ0) is 13.4. The molecule has 1 heterocycles. The zero-order valence-electron chi connectivity index (χ0n) is 11.3. The molecule has 4 nitrogen and oxygen atoms in total. The molecule has 0 saturated carbocycles. The number of hydrogen-bond acceptors (Lipinski definition) is 3. The number of pyridine rings is 1. The van der Waals surface area contributed by atoms with E-state index < -0.39 is 0 Å².